The average Bonchev–Trinajstić information content (AvgIpc) is 2.53. The first-order chi connectivity index (χ1) is 6.02. The van der Waals surface area contributed by atoms with Gasteiger partial charge >= 0.3 is 0 Å². The van der Waals surface area contributed by atoms with E-state index in [0.29, 0.717) is 11.7 Å². The van der Waals surface area contributed by atoms with Crippen molar-refractivity contribution in [3.8, 4) is 0 Å². The van der Waals surface area contributed by atoms with E-state index in [9.17, 15) is 0 Å². The highest BCUT2D eigenvalue weighted by atomic mass is 15.5. The van der Waals surface area contributed by atoms with Crippen molar-refractivity contribution in [2.75, 3.05) is 0 Å². The Bertz CT molecular complexity index is 239. The molecule has 1 unspecified atom stereocenters. The van der Waals surface area contributed by atoms with Gasteiger partial charge in [0.2, 0.25) is 0 Å². The summed E-state index contributed by atoms with van der Waals surface area (Å²) in [6.07, 6.45) is 1.95. The van der Waals surface area contributed by atoms with Gasteiger partial charge in [0.25, 0.3) is 0 Å². The molecule has 74 valence electrons. The fourth-order valence-corrected chi connectivity index (χ4v) is 1.10. The van der Waals surface area contributed by atoms with Crippen LogP contribution in [0.15, 0.2) is 0 Å². The second-order valence-corrected chi connectivity index (χ2v) is 4.09. The quantitative estimate of drug-likeness (QED) is 0.723. The normalized spacial score (nSPS) is 16.1. The van der Waals surface area contributed by atoms with Crippen molar-refractivity contribution in [2.45, 2.75) is 39.2 Å². The Morgan fingerprint density at radius 2 is 2.23 bits per heavy atom. The first kappa shape index (κ1) is 10.1. The van der Waals surface area contributed by atoms with Gasteiger partial charge in [0.15, 0.2) is 5.82 Å². The van der Waals surface area contributed by atoms with Crippen molar-refractivity contribution in [3.63, 3.8) is 0 Å². The molecule has 5 nitrogen and oxygen atoms in total. The molecular formula is C8H17N5. The molecule has 0 aliphatic heterocycles. The van der Waals surface area contributed by atoms with Crippen LogP contribution in [-0.4, -0.2) is 20.6 Å². The number of nitrogens with one attached hydrogen (secondary N) is 1. The third kappa shape index (κ3) is 2.77. The number of hydrogen-bond donors (Lipinski definition) is 2. The zero-order valence-corrected chi connectivity index (χ0v) is 8.41. The summed E-state index contributed by atoms with van der Waals surface area (Å²) in [6, 6.07) is 0. The van der Waals surface area contributed by atoms with Crippen molar-refractivity contribution in [1.82, 2.24) is 20.6 Å². The van der Waals surface area contributed by atoms with Crippen molar-refractivity contribution in [3.05, 3.63) is 5.82 Å². The van der Waals surface area contributed by atoms with E-state index in [-0.39, 0.29) is 0 Å². The van der Waals surface area contributed by atoms with Crippen LogP contribution in [0.3, 0.4) is 0 Å². The fourth-order valence-electron chi connectivity index (χ4n) is 1.10. The molecule has 3 N–H and O–H groups in total. The summed E-state index contributed by atoms with van der Waals surface area (Å²) in [5.74, 6) is 1.24. The minimum atomic E-state index is -0.461. The number of H-pyrrole nitrogens is 1. The largest absolute Gasteiger partial charge is 0.319 e. The van der Waals surface area contributed by atoms with E-state index in [1.165, 1.54) is 0 Å². The Labute approximate surface area is 78.1 Å². The summed E-state index contributed by atoms with van der Waals surface area (Å²) in [4.78, 5) is 0. The van der Waals surface area contributed by atoms with Crippen LogP contribution in [-0.2, 0) is 5.54 Å². The molecule has 0 aromatic carbocycles. The highest BCUT2D eigenvalue weighted by Gasteiger charge is 2.25. The molecule has 0 amide bonds. The number of tetrazole rings is 1. The third-order valence-electron chi connectivity index (χ3n) is 2.10. The summed E-state index contributed by atoms with van der Waals surface area (Å²) in [5.41, 5.74) is 5.58. The number of nitrogens with two attached hydrogens (primary N) is 1. The minimum Gasteiger partial charge on any atom is -0.319 e. The first-order valence-corrected chi connectivity index (χ1v) is 4.55. The molecule has 0 spiro atoms. The zero-order chi connectivity index (χ0) is 9.90. The summed E-state index contributed by atoms with van der Waals surface area (Å²) in [5, 5.41) is 13.7. The summed E-state index contributed by atoms with van der Waals surface area (Å²) in [7, 11) is 0. The average molecular weight is 183 g/mol. The number of hydrogen-bond acceptors (Lipinski definition) is 4. The molecule has 1 heterocycles. The Balaban J connectivity index is 2.56. The lowest BCUT2D eigenvalue weighted by Crippen LogP contribution is -2.34. The minimum absolute atomic E-state index is 0.461. The van der Waals surface area contributed by atoms with Gasteiger partial charge in [0.05, 0.1) is 5.54 Å². The maximum atomic E-state index is 6.05. The van der Waals surface area contributed by atoms with Crippen molar-refractivity contribution in [2.24, 2.45) is 11.7 Å². The van der Waals surface area contributed by atoms with Gasteiger partial charge in [-0.15, -0.1) is 10.2 Å². The zero-order valence-electron chi connectivity index (χ0n) is 8.41. The topological polar surface area (TPSA) is 80.5 Å². The second kappa shape index (κ2) is 3.83. The van der Waals surface area contributed by atoms with Crippen LogP contribution < -0.4 is 5.73 Å². The van der Waals surface area contributed by atoms with Gasteiger partial charge in [0.1, 0.15) is 0 Å². The summed E-state index contributed by atoms with van der Waals surface area (Å²) < 4.78 is 0. The van der Waals surface area contributed by atoms with E-state index >= 15 is 0 Å². The van der Waals surface area contributed by atoms with Crippen LogP contribution in [0.4, 0.5) is 0 Å². The van der Waals surface area contributed by atoms with E-state index in [0.717, 1.165) is 12.8 Å². The smallest absolute Gasteiger partial charge is 0.194 e. The molecule has 13 heavy (non-hydrogen) atoms. The van der Waals surface area contributed by atoms with Crippen molar-refractivity contribution < 1.29 is 0 Å². The van der Waals surface area contributed by atoms with E-state index in [4.69, 9.17) is 5.73 Å². The van der Waals surface area contributed by atoms with E-state index in [2.05, 4.69) is 34.5 Å². The molecule has 1 aromatic rings. The summed E-state index contributed by atoms with van der Waals surface area (Å²) >= 11 is 0. The van der Waals surface area contributed by atoms with Gasteiger partial charge < -0.3 is 5.73 Å². The lowest BCUT2D eigenvalue weighted by Gasteiger charge is -2.21. The maximum absolute atomic E-state index is 6.05. The molecule has 0 fully saturated rings. The van der Waals surface area contributed by atoms with Crippen molar-refractivity contribution in [1.29, 1.82) is 0 Å². The van der Waals surface area contributed by atoms with Gasteiger partial charge in [-0.3, -0.25) is 0 Å². The maximum Gasteiger partial charge on any atom is 0.194 e. The van der Waals surface area contributed by atoms with Crippen molar-refractivity contribution >= 4 is 0 Å². The lowest BCUT2D eigenvalue weighted by atomic mass is 9.92. The fraction of sp³-hybridized carbons (Fsp3) is 0.875. The third-order valence-corrected chi connectivity index (χ3v) is 2.10. The van der Waals surface area contributed by atoms with Gasteiger partial charge in [0, 0.05) is 0 Å². The number of nitrogens with zero attached hydrogens (tertiary/aromatic N) is 3. The Kier molecular flexibility index (Phi) is 2.98. The van der Waals surface area contributed by atoms with E-state index in [1.54, 1.807) is 0 Å². The molecule has 0 bridgehead atoms. The molecular weight excluding hydrogens is 166 g/mol. The number of rotatable bonds is 4. The van der Waals surface area contributed by atoms with Gasteiger partial charge in [-0.1, -0.05) is 19.1 Å². The molecule has 1 rings (SSSR count). The lowest BCUT2D eigenvalue weighted by molar-refractivity contribution is 0.378. The van der Waals surface area contributed by atoms with Gasteiger partial charge in [-0.25, -0.2) is 0 Å². The second-order valence-electron chi connectivity index (χ2n) is 4.09. The Morgan fingerprint density at radius 1 is 1.54 bits per heavy atom. The Hall–Kier alpha value is -0.970. The van der Waals surface area contributed by atoms with Gasteiger partial charge in [-0.05, 0) is 25.7 Å². The number of aromatic amines is 1. The monoisotopic (exact) mass is 183 g/mol. The standard InChI is InChI=1S/C8H17N5/c1-6(2)4-5-8(3,9)7-10-12-13-11-7/h6H,4-5,9H2,1-3H3,(H,10,11,12,13). The van der Waals surface area contributed by atoms with Crippen LogP contribution >= 0.6 is 0 Å². The predicted octanol–water partition coefficient (Wildman–Crippen LogP) is 0.810. The van der Waals surface area contributed by atoms with E-state index < -0.39 is 5.54 Å². The molecule has 0 radical (unpaired) electrons. The van der Waals surface area contributed by atoms with Crippen LogP contribution in [0.25, 0.3) is 0 Å². The molecule has 1 aromatic heterocycles. The molecule has 5 heteroatoms. The van der Waals surface area contributed by atoms with Gasteiger partial charge in [-0.2, -0.15) is 5.21 Å². The molecule has 0 saturated heterocycles. The SMILES string of the molecule is CC(C)CCC(C)(N)c1nn[nH]n1. The summed E-state index contributed by atoms with van der Waals surface area (Å²) in [6.45, 7) is 6.28. The highest BCUT2D eigenvalue weighted by Crippen LogP contribution is 2.21. The molecule has 1 atom stereocenters. The van der Waals surface area contributed by atoms with Crippen LogP contribution in [0, 0.1) is 5.92 Å². The Morgan fingerprint density at radius 3 is 2.69 bits per heavy atom. The molecule has 0 aliphatic carbocycles. The van der Waals surface area contributed by atoms with Crippen LogP contribution in [0.2, 0.25) is 0 Å². The highest BCUT2D eigenvalue weighted by molar-refractivity contribution is 4.97. The van der Waals surface area contributed by atoms with Crippen LogP contribution in [0.1, 0.15) is 39.4 Å². The predicted molar refractivity (Wildman–Crippen MR) is 49.8 cm³/mol. The van der Waals surface area contributed by atoms with E-state index in [1.807, 2.05) is 6.92 Å². The molecule has 0 aliphatic rings. The molecule has 0 saturated carbocycles. The number of aromatic nitrogens is 4. The van der Waals surface area contributed by atoms with Crippen LogP contribution in [0.5, 0.6) is 0 Å². The first-order valence-electron chi connectivity index (χ1n) is 4.55.